The Morgan fingerprint density at radius 2 is 2.09 bits per heavy atom. The minimum absolute atomic E-state index is 0.409. The molecule has 0 aliphatic carbocycles. The summed E-state index contributed by atoms with van der Waals surface area (Å²) in [5, 5.41) is 12.7. The van der Waals surface area contributed by atoms with Gasteiger partial charge < -0.3 is 10.8 Å². The van der Waals surface area contributed by atoms with Crippen LogP contribution in [0.3, 0.4) is 0 Å². The SMILES string of the molecule is NC(CNS(N)(=O)=O)C(=O)O. The molecule has 6 N–H and O–H groups in total. The molecule has 0 fully saturated rings. The van der Waals surface area contributed by atoms with E-state index < -0.39 is 28.8 Å². The highest BCUT2D eigenvalue weighted by molar-refractivity contribution is 7.87. The lowest BCUT2D eigenvalue weighted by Gasteiger charge is -2.04. The highest BCUT2D eigenvalue weighted by atomic mass is 32.2. The number of hydrogen-bond donors (Lipinski definition) is 4. The van der Waals surface area contributed by atoms with E-state index in [4.69, 9.17) is 10.8 Å². The summed E-state index contributed by atoms with van der Waals surface area (Å²) in [6, 6.07) is -1.27. The molecule has 0 aliphatic rings. The normalized spacial score (nSPS) is 14.4. The number of nitrogens with two attached hydrogens (primary N) is 2. The van der Waals surface area contributed by atoms with Crippen molar-refractivity contribution in [1.82, 2.24) is 4.72 Å². The third-order valence-corrected chi connectivity index (χ3v) is 1.39. The maximum absolute atomic E-state index is 10.2. The van der Waals surface area contributed by atoms with E-state index in [1.807, 2.05) is 0 Å². The molecule has 1 unspecified atom stereocenters. The molecule has 0 bridgehead atoms. The third kappa shape index (κ3) is 5.73. The van der Waals surface area contributed by atoms with Crippen molar-refractivity contribution in [3.63, 3.8) is 0 Å². The summed E-state index contributed by atoms with van der Waals surface area (Å²) in [5.41, 5.74) is 4.94. The molecular formula is C3H9N3O4S. The van der Waals surface area contributed by atoms with Crippen LogP contribution in [0.25, 0.3) is 0 Å². The highest BCUT2D eigenvalue weighted by Gasteiger charge is 2.12. The Hall–Kier alpha value is -0.700. The molecule has 0 aromatic rings. The number of carboxylic acids is 1. The molecule has 8 heteroatoms. The molecule has 7 nitrogen and oxygen atoms in total. The number of hydrogen-bond acceptors (Lipinski definition) is 4. The third-order valence-electron chi connectivity index (χ3n) is 0.822. The van der Waals surface area contributed by atoms with Gasteiger partial charge in [-0.15, -0.1) is 0 Å². The maximum Gasteiger partial charge on any atom is 0.321 e. The van der Waals surface area contributed by atoms with Gasteiger partial charge in [0.15, 0.2) is 0 Å². The van der Waals surface area contributed by atoms with Crippen LogP contribution in [-0.2, 0) is 15.0 Å². The summed E-state index contributed by atoms with van der Waals surface area (Å²) < 4.78 is 22.1. The first-order valence-electron chi connectivity index (χ1n) is 2.58. The number of nitrogens with one attached hydrogen (secondary N) is 1. The van der Waals surface area contributed by atoms with E-state index in [-0.39, 0.29) is 0 Å². The topological polar surface area (TPSA) is 136 Å². The van der Waals surface area contributed by atoms with Gasteiger partial charge in [0.05, 0.1) is 0 Å². The molecule has 66 valence electrons. The lowest BCUT2D eigenvalue weighted by molar-refractivity contribution is -0.138. The van der Waals surface area contributed by atoms with Gasteiger partial charge in [-0.25, -0.2) is 9.86 Å². The van der Waals surface area contributed by atoms with E-state index in [2.05, 4.69) is 5.14 Å². The number of carboxylic acid groups (broad SMARTS) is 1. The minimum atomic E-state index is -3.85. The fraction of sp³-hybridized carbons (Fsp3) is 0.667. The van der Waals surface area contributed by atoms with Gasteiger partial charge in [0.1, 0.15) is 6.04 Å². The molecule has 0 spiro atoms. The van der Waals surface area contributed by atoms with Crippen LogP contribution in [0.15, 0.2) is 0 Å². The first-order chi connectivity index (χ1) is 4.83. The molecule has 0 saturated heterocycles. The molecule has 11 heavy (non-hydrogen) atoms. The summed E-state index contributed by atoms with van der Waals surface area (Å²) in [4.78, 5) is 10.0. The van der Waals surface area contributed by atoms with Crippen molar-refractivity contribution < 1.29 is 18.3 Å². The van der Waals surface area contributed by atoms with Crippen LogP contribution in [0, 0.1) is 0 Å². The largest absolute Gasteiger partial charge is 0.480 e. The lowest BCUT2D eigenvalue weighted by Crippen LogP contribution is -2.44. The van der Waals surface area contributed by atoms with Crippen LogP contribution in [0.1, 0.15) is 0 Å². The average molecular weight is 183 g/mol. The monoisotopic (exact) mass is 183 g/mol. The van der Waals surface area contributed by atoms with Gasteiger partial charge in [0.25, 0.3) is 10.2 Å². The van der Waals surface area contributed by atoms with Crippen molar-refractivity contribution >= 4 is 16.2 Å². The molecule has 0 aromatic carbocycles. The summed E-state index contributed by atoms with van der Waals surface area (Å²) in [5.74, 6) is -1.29. The zero-order valence-corrected chi connectivity index (χ0v) is 6.34. The highest BCUT2D eigenvalue weighted by Crippen LogP contribution is 1.76. The zero-order valence-electron chi connectivity index (χ0n) is 5.52. The maximum atomic E-state index is 10.2. The molecular weight excluding hydrogens is 174 g/mol. The second-order valence-corrected chi connectivity index (χ2v) is 3.22. The van der Waals surface area contributed by atoms with Gasteiger partial charge >= 0.3 is 5.97 Å². The fourth-order valence-electron chi connectivity index (χ4n) is 0.293. The first-order valence-corrected chi connectivity index (χ1v) is 4.13. The molecule has 0 saturated carbocycles. The van der Waals surface area contributed by atoms with E-state index in [9.17, 15) is 13.2 Å². The molecule has 0 aliphatic heterocycles. The van der Waals surface area contributed by atoms with Crippen LogP contribution < -0.4 is 15.6 Å². The van der Waals surface area contributed by atoms with Crippen LogP contribution in [0.2, 0.25) is 0 Å². The van der Waals surface area contributed by atoms with Gasteiger partial charge in [0, 0.05) is 6.54 Å². The number of carbonyl (C=O) groups is 1. The smallest absolute Gasteiger partial charge is 0.321 e. The Morgan fingerprint density at radius 3 is 2.36 bits per heavy atom. The molecule has 0 heterocycles. The molecule has 0 rings (SSSR count). The second kappa shape index (κ2) is 3.62. The minimum Gasteiger partial charge on any atom is -0.480 e. The summed E-state index contributed by atoms with van der Waals surface area (Å²) in [7, 11) is -3.85. The van der Waals surface area contributed by atoms with Gasteiger partial charge in [0.2, 0.25) is 0 Å². The molecule has 0 radical (unpaired) electrons. The van der Waals surface area contributed by atoms with Crippen molar-refractivity contribution in [1.29, 1.82) is 0 Å². The molecule has 0 aromatic heterocycles. The Bertz CT molecular complexity index is 235. The van der Waals surface area contributed by atoms with Crippen molar-refractivity contribution in [2.45, 2.75) is 6.04 Å². The fourth-order valence-corrected chi connectivity index (χ4v) is 0.705. The van der Waals surface area contributed by atoms with Gasteiger partial charge in [-0.05, 0) is 0 Å². The zero-order chi connectivity index (χ0) is 9.07. The van der Waals surface area contributed by atoms with Gasteiger partial charge in [-0.3, -0.25) is 4.79 Å². The Kier molecular flexibility index (Phi) is 3.39. The first kappa shape index (κ1) is 10.3. The molecule has 1 atom stereocenters. The number of aliphatic carboxylic acids is 1. The van der Waals surface area contributed by atoms with Crippen LogP contribution in [-0.4, -0.2) is 32.1 Å². The van der Waals surface area contributed by atoms with E-state index in [0.29, 0.717) is 0 Å². The summed E-state index contributed by atoms with van der Waals surface area (Å²) >= 11 is 0. The Labute approximate surface area is 63.6 Å². The van der Waals surface area contributed by atoms with Crippen LogP contribution >= 0.6 is 0 Å². The quantitative estimate of drug-likeness (QED) is 0.373. The lowest BCUT2D eigenvalue weighted by atomic mass is 10.3. The predicted molar refractivity (Wildman–Crippen MR) is 36.7 cm³/mol. The second-order valence-electron chi connectivity index (χ2n) is 1.84. The van der Waals surface area contributed by atoms with Crippen LogP contribution in [0.5, 0.6) is 0 Å². The van der Waals surface area contributed by atoms with E-state index in [1.165, 1.54) is 0 Å². The van der Waals surface area contributed by atoms with E-state index in [1.54, 1.807) is 4.72 Å². The van der Waals surface area contributed by atoms with Crippen molar-refractivity contribution in [2.24, 2.45) is 10.9 Å². The van der Waals surface area contributed by atoms with Gasteiger partial charge in [-0.1, -0.05) is 0 Å². The number of rotatable bonds is 4. The Morgan fingerprint density at radius 1 is 1.64 bits per heavy atom. The van der Waals surface area contributed by atoms with E-state index >= 15 is 0 Å². The average Bonchev–Trinajstić information content (AvgIpc) is 1.80. The van der Waals surface area contributed by atoms with E-state index in [0.717, 1.165) is 0 Å². The summed E-state index contributed by atoms with van der Waals surface area (Å²) in [6.07, 6.45) is 0. The van der Waals surface area contributed by atoms with Crippen molar-refractivity contribution in [3.8, 4) is 0 Å². The molecule has 0 amide bonds. The summed E-state index contributed by atoms with van der Waals surface area (Å²) in [6.45, 7) is -0.409. The predicted octanol–water partition coefficient (Wildman–Crippen LogP) is -2.81. The Balaban J connectivity index is 3.82. The van der Waals surface area contributed by atoms with Crippen molar-refractivity contribution in [3.05, 3.63) is 0 Å². The van der Waals surface area contributed by atoms with Crippen molar-refractivity contribution in [2.75, 3.05) is 6.54 Å². The van der Waals surface area contributed by atoms with Crippen LogP contribution in [0.4, 0.5) is 0 Å². The standard InChI is InChI=1S/C3H9N3O4S/c4-2(3(7)8)1-6-11(5,9)10/h2,6H,1,4H2,(H,7,8)(H2,5,9,10). The van der Waals surface area contributed by atoms with Gasteiger partial charge in [-0.2, -0.15) is 8.42 Å².